The minimum absolute atomic E-state index is 0.0601. The van der Waals surface area contributed by atoms with Crippen molar-refractivity contribution < 1.29 is 23.2 Å². The summed E-state index contributed by atoms with van der Waals surface area (Å²) in [7, 11) is 1.53. The molecule has 0 saturated heterocycles. The Morgan fingerprint density at radius 2 is 2.03 bits per heavy atom. The van der Waals surface area contributed by atoms with E-state index in [-0.39, 0.29) is 16.4 Å². The van der Waals surface area contributed by atoms with E-state index in [2.05, 4.69) is 15.6 Å². The summed E-state index contributed by atoms with van der Waals surface area (Å²) in [6, 6.07) is 7.26. The number of thiazole rings is 1. The third-order valence-electron chi connectivity index (χ3n) is 4.02. The van der Waals surface area contributed by atoms with E-state index in [1.807, 2.05) is 0 Å². The second kappa shape index (κ2) is 9.37. The number of amides is 1. The maximum absolute atomic E-state index is 13.4. The lowest BCUT2D eigenvalue weighted by atomic mass is 10.1. The molecule has 0 aliphatic rings. The fourth-order valence-corrected chi connectivity index (χ4v) is 3.27. The molecule has 8 nitrogen and oxygen atoms in total. The number of rotatable bonds is 8. The van der Waals surface area contributed by atoms with Crippen LogP contribution in [0, 0.1) is 21.7 Å². The molecule has 0 fully saturated rings. The summed E-state index contributed by atoms with van der Waals surface area (Å²) in [4.78, 5) is 27.4. The smallest absolute Gasteiger partial charge is 0.270 e. The zero-order valence-corrected chi connectivity index (χ0v) is 16.5. The van der Waals surface area contributed by atoms with Gasteiger partial charge in [0.2, 0.25) is 0 Å². The Bertz CT molecular complexity index is 1090. The zero-order chi connectivity index (χ0) is 21.7. The molecule has 11 heteroatoms. The number of nitro groups is 1. The Balaban J connectivity index is 1.82. The topological polar surface area (TPSA) is 106 Å². The van der Waals surface area contributed by atoms with Crippen LogP contribution in [-0.2, 0) is 4.74 Å². The van der Waals surface area contributed by atoms with E-state index in [4.69, 9.17) is 4.74 Å². The molecule has 0 unspecified atom stereocenters. The summed E-state index contributed by atoms with van der Waals surface area (Å²) in [6.07, 6.45) is 0. The van der Waals surface area contributed by atoms with Crippen LogP contribution in [0.25, 0.3) is 11.3 Å². The first-order chi connectivity index (χ1) is 14.4. The van der Waals surface area contributed by atoms with E-state index in [1.54, 1.807) is 5.38 Å². The summed E-state index contributed by atoms with van der Waals surface area (Å²) in [5.41, 5.74) is 0.922. The van der Waals surface area contributed by atoms with Crippen molar-refractivity contribution >= 4 is 33.8 Å². The molecule has 0 radical (unpaired) electrons. The molecule has 1 aromatic heterocycles. The molecule has 30 heavy (non-hydrogen) atoms. The van der Waals surface area contributed by atoms with Gasteiger partial charge in [-0.3, -0.25) is 20.2 Å². The number of nitro benzene ring substituents is 1. The first-order valence-corrected chi connectivity index (χ1v) is 9.50. The van der Waals surface area contributed by atoms with Crippen molar-refractivity contribution in [2.75, 3.05) is 30.9 Å². The number of nitrogens with zero attached hydrogens (tertiary/aromatic N) is 2. The minimum atomic E-state index is -1.01. The van der Waals surface area contributed by atoms with Gasteiger partial charge in [-0.1, -0.05) is 0 Å². The molecule has 2 aromatic carbocycles. The monoisotopic (exact) mass is 434 g/mol. The van der Waals surface area contributed by atoms with Crippen molar-refractivity contribution in [3.05, 3.63) is 69.1 Å². The average molecular weight is 434 g/mol. The van der Waals surface area contributed by atoms with E-state index in [0.717, 1.165) is 29.5 Å². The molecule has 0 atom stereocenters. The third-order valence-corrected chi connectivity index (χ3v) is 4.78. The molecular formula is C19H16F2N4O4S. The Hall–Kier alpha value is -3.44. The van der Waals surface area contributed by atoms with E-state index in [1.165, 1.54) is 25.3 Å². The van der Waals surface area contributed by atoms with Crippen molar-refractivity contribution in [2.24, 2.45) is 0 Å². The van der Waals surface area contributed by atoms with E-state index in [9.17, 15) is 23.7 Å². The fourth-order valence-electron chi connectivity index (χ4n) is 2.56. The zero-order valence-electron chi connectivity index (χ0n) is 15.6. The normalized spacial score (nSPS) is 10.6. The molecule has 1 amide bonds. The van der Waals surface area contributed by atoms with Crippen molar-refractivity contribution in [3.63, 3.8) is 0 Å². The minimum Gasteiger partial charge on any atom is -0.383 e. The highest BCUT2D eigenvalue weighted by molar-refractivity contribution is 7.14. The first-order valence-electron chi connectivity index (χ1n) is 8.62. The second-order valence-electron chi connectivity index (χ2n) is 6.03. The molecule has 0 spiro atoms. The van der Waals surface area contributed by atoms with Crippen LogP contribution in [0.5, 0.6) is 0 Å². The predicted octanol–water partition coefficient (Wildman–Crippen LogP) is 4.31. The van der Waals surface area contributed by atoms with Crippen LogP contribution in [0.15, 0.2) is 41.8 Å². The van der Waals surface area contributed by atoms with E-state index >= 15 is 0 Å². The number of carbonyl (C=O) groups excluding carboxylic acids is 1. The van der Waals surface area contributed by atoms with Gasteiger partial charge in [0.1, 0.15) is 0 Å². The first kappa shape index (κ1) is 21.3. The largest absolute Gasteiger partial charge is 0.383 e. The van der Waals surface area contributed by atoms with Gasteiger partial charge in [-0.15, -0.1) is 11.3 Å². The van der Waals surface area contributed by atoms with Gasteiger partial charge in [0.05, 0.1) is 22.8 Å². The number of nitrogens with one attached hydrogen (secondary N) is 2. The lowest BCUT2D eigenvalue weighted by Gasteiger charge is -2.11. The van der Waals surface area contributed by atoms with Gasteiger partial charge in [-0.05, 0) is 24.3 Å². The number of benzene rings is 2. The number of methoxy groups -OCH3 is 1. The van der Waals surface area contributed by atoms with Gasteiger partial charge in [-0.2, -0.15) is 0 Å². The number of anilines is 2. The van der Waals surface area contributed by atoms with E-state index < -0.39 is 22.5 Å². The molecular weight excluding hydrogens is 418 g/mol. The van der Waals surface area contributed by atoms with Crippen molar-refractivity contribution in [1.29, 1.82) is 0 Å². The molecule has 2 N–H and O–H groups in total. The molecule has 0 bridgehead atoms. The number of non-ortho nitro benzene ring substituents is 1. The lowest BCUT2D eigenvalue weighted by Crippen LogP contribution is -2.16. The Labute approximate surface area is 173 Å². The van der Waals surface area contributed by atoms with Crippen LogP contribution in [-0.4, -0.2) is 36.1 Å². The fraction of sp³-hybridized carbons (Fsp3) is 0.158. The summed E-state index contributed by atoms with van der Waals surface area (Å²) >= 11 is 1.08. The quantitative estimate of drug-likeness (QED) is 0.311. The van der Waals surface area contributed by atoms with Crippen molar-refractivity contribution in [3.8, 4) is 11.3 Å². The highest BCUT2D eigenvalue weighted by atomic mass is 32.1. The number of hydrogen-bond acceptors (Lipinski definition) is 7. The van der Waals surface area contributed by atoms with Crippen molar-refractivity contribution in [2.45, 2.75) is 0 Å². The standard InChI is InChI=1S/C19H16F2N4O4S/c1-29-7-6-22-16-5-3-12(25(27)28)9-13(16)18(26)24-19-23-17(10-30-19)11-2-4-14(20)15(21)8-11/h2-5,8-10,22H,6-7H2,1H3,(H,23,24,26). The number of hydrogen-bond donors (Lipinski definition) is 2. The number of ether oxygens (including phenoxy) is 1. The van der Waals surface area contributed by atoms with Crippen molar-refractivity contribution in [1.82, 2.24) is 4.98 Å². The average Bonchev–Trinajstić information content (AvgIpc) is 3.18. The Kier molecular flexibility index (Phi) is 6.65. The second-order valence-corrected chi connectivity index (χ2v) is 6.89. The third kappa shape index (κ3) is 4.93. The van der Waals surface area contributed by atoms with Gasteiger partial charge in [-0.25, -0.2) is 13.8 Å². The summed E-state index contributed by atoms with van der Waals surface area (Å²) in [6.45, 7) is 0.772. The van der Waals surface area contributed by atoms with Crippen LogP contribution in [0.1, 0.15) is 10.4 Å². The highest BCUT2D eigenvalue weighted by Crippen LogP contribution is 2.28. The van der Waals surface area contributed by atoms with Gasteiger partial charge in [0, 0.05) is 42.4 Å². The molecule has 0 saturated carbocycles. The summed E-state index contributed by atoms with van der Waals surface area (Å²) < 4.78 is 31.5. The molecule has 0 aliphatic heterocycles. The Morgan fingerprint density at radius 1 is 1.23 bits per heavy atom. The van der Waals surface area contributed by atoms with Gasteiger partial charge >= 0.3 is 0 Å². The Morgan fingerprint density at radius 3 is 2.73 bits per heavy atom. The predicted molar refractivity (Wildman–Crippen MR) is 109 cm³/mol. The SMILES string of the molecule is COCCNc1ccc([N+](=O)[O-])cc1C(=O)Nc1nc(-c2ccc(F)c(F)c2)cs1. The molecule has 156 valence electrons. The van der Waals surface area contributed by atoms with Crippen LogP contribution in [0.4, 0.5) is 25.3 Å². The summed E-state index contributed by atoms with van der Waals surface area (Å²) in [5.74, 6) is -2.58. The number of aromatic nitrogens is 1. The maximum Gasteiger partial charge on any atom is 0.270 e. The summed E-state index contributed by atoms with van der Waals surface area (Å²) in [5, 5.41) is 18.4. The van der Waals surface area contributed by atoms with Crippen LogP contribution in [0.2, 0.25) is 0 Å². The molecule has 3 aromatic rings. The molecule has 3 rings (SSSR count). The van der Waals surface area contributed by atoms with Gasteiger partial charge in [0.25, 0.3) is 11.6 Å². The van der Waals surface area contributed by atoms with Crippen LogP contribution >= 0.6 is 11.3 Å². The number of halogens is 2. The molecule has 1 heterocycles. The van der Waals surface area contributed by atoms with Gasteiger partial charge < -0.3 is 10.1 Å². The molecule has 0 aliphatic carbocycles. The highest BCUT2D eigenvalue weighted by Gasteiger charge is 2.18. The van der Waals surface area contributed by atoms with Crippen LogP contribution in [0.3, 0.4) is 0 Å². The van der Waals surface area contributed by atoms with Gasteiger partial charge in [0.15, 0.2) is 16.8 Å². The van der Waals surface area contributed by atoms with E-state index in [0.29, 0.717) is 30.1 Å². The van der Waals surface area contributed by atoms with Crippen LogP contribution < -0.4 is 10.6 Å². The lowest BCUT2D eigenvalue weighted by molar-refractivity contribution is -0.384. The maximum atomic E-state index is 13.4. The number of carbonyl (C=O) groups is 1.